The number of hydrogen-bond acceptors (Lipinski definition) is 5. The van der Waals surface area contributed by atoms with E-state index in [4.69, 9.17) is 0 Å². The monoisotopic (exact) mass is 357 g/mol. The molecule has 1 fully saturated rings. The van der Waals surface area contributed by atoms with E-state index in [0.717, 1.165) is 14.8 Å². The maximum atomic E-state index is 12.4. The van der Waals surface area contributed by atoms with Crippen LogP contribution in [-0.2, 0) is 25.4 Å². The summed E-state index contributed by atoms with van der Waals surface area (Å²) in [5.74, 6) is 0.221. The predicted molar refractivity (Wildman–Crippen MR) is 97.9 cm³/mol. The largest absolute Gasteiger partial charge is 0.352 e. The molecule has 0 spiro atoms. The van der Waals surface area contributed by atoms with Crippen molar-refractivity contribution >= 4 is 11.7 Å². The van der Waals surface area contributed by atoms with E-state index in [1.807, 2.05) is 35.2 Å². The van der Waals surface area contributed by atoms with Crippen LogP contribution in [0.25, 0.3) is 0 Å². The van der Waals surface area contributed by atoms with E-state index in [2.05, 4.69) is 10.4 Å². The lowest BCUT2D eigenvalue weighted by molar-refractivity contribution is -0.125. The van der Waals surface area contributed by atoms with Gasteiger partial charge >= 0.3 is 5.69 Å². The summed E-state index contributed by atoms with van der Waals surface area (Å²) in [4.78, 5) is 38.3. The quantitative estimate of drug-likeness (QED) is 0.833. The highest BCUT2D eigenvalue weighted by Gasteiger charge is 2.27. The molecule has 0 bridgehead atoms. The molecule has 1 saturated heterocycles. The second-order valence-corrected chi connectivity index (χ2v) is 6.56. The molecular weight excluding hydrogens is 334 g/mol. The van der Waals surface area contributed by atoms with Gasteiger partial charge in [-0.05, 0) is 18.4 Å². The standard InChI is InChI=1S/C18H23N5O3/c1-21-17(25)15(20-22(2)18(21)26)23-10-8-14(9-11-23)16(24)19-12-13-6-4-3-5-7-13/h3-7,14H,8-12H2,1-2H3,(H,19,24). The number of carbonyl (C=O) groups excluding carboxylic acids is 1. The number of nitrogens with zero attached hydrogens (tertiary/aromatic N) is 4. The first-order valence-corrected chi connectivity index (χ1v) is 8.68. The zero-order valence-electron chi connectivity index (χ0n) is 15.0. The van der Waals surface area contributed by atoms with Crippen LogP contribution in [0.5, 0.6) is 0 Å². The molecule has 0 saturated carbocycles. The third-order valence-corrected chi connectivity index (χ3v) is 4.78. The van der Waals surface area contributed by atoms with Gasteiger partial charge in [-0.1, -0.05) is 30.3 Å². The zero-order chi connectivity index (χ0) is 18.7. The number of piperidine rings is 1. The molecule has 0 radical (unpaired) electrons. The number of anilines is 1. The van der Waals surface area contributed by atoms with Gasteiger partial charge in [-0.2, -0.15) is 0 Å². The van der Waals surface area contributed by atoms with Gasteiger partial charge < -0.3 is 10.2 Å². The number of nitrogens with one attached hydrogen (secondary N) is 1. The third-order valence-electron chi connectivity index (χ3n) is 4.78. The molecule has 0 unspecified atom stereocenters. The summed E-state index contributed by atoms with van der Waals surface area (Å²) in [6.45, 7) is 1.64. The smallest absolute Gasteiger partial charge is 0.346 e. The van der Waals surface area contributed by atoms with E-state index in [0.29, 0.717) is 32.5 Å². The van der Waals surface area contributed by atoms with Crippen LogP contribution < -0.4 is 21.5 Å². The van der Waals surface area contributed by atoms with Crippen LogP contribution in [-0.4, -0.2) is 33.3 Å². The lowest BCUT2D eigenvalue weighted by Gasteiger charge is -2.31. The van der Waals surface area contributed by atoms with Crippen molar-refractivity contribution in [2.45, 2.75) is 19.4 Å². The molecule has 8 nitrogen and oxygen atoms in total. The summed E-state index contributed by atoms with van der Waals surface area (Å²) in [6, 6.07) is 9.79. The molecule has 1 N–H and O–H groups in total. The zero-order valence-corrected chi connectivity index (χ0v) is 15.0. The predicted octanol–water partition coefficient (Wildman–Crippen LogP) is 0.0118. The third kappa shape index (κ3) is 3.68. The number of amides is 1. The molecule has 1 aliphatic rings. The second-order valence-electron chi connectivity index (χ2n) is 6.56. The second kappa shape index (κ2) is 7.55. The van der Waals surface area contributed by atoms with Gasteiger partial charge in [0.25, 0.3) is 5.56 Å². The van der Waals surface area contributed by atoms with Crippen LogP contribution in [0.4, 0.5) is 5.82 Å². The Morgan fingerprint density at radius 1 is 1.15 bits per heavy atom. The molecule has 8 heteroatoms. The number of rotatable bonds is 4. The van der Waals surface area contributed by atoms with Crippen molar-refractivity contribution in [2.24, 2.45) is 20.0 Å². The summed E-state index contributed by atoms with van der Waals surface area (Å²) in [7, 11) is 2.97. The summed E-state index contributed by atoms with van der Waals surface area (Å²) >= 11 is 0. The van der Waals surface area contributed by atoms with Crippen LogP contribution in [0.15, 0.2) is 39.9 Å². The first-order valence-electron chi connectivity index (χ1n) is 8.68. The van der Waals surface area contributed by atoms with Gasteiger partial charge in [0.2, 0.25) is 11.7 Å². The molecule has 1 aliphatic heterocycles. The van der Waals surface area contributed by atoms with Crippen LogP contribution in [0.1, 0.15) is 18.4 Å². The van der Waals surface area contributed by atoms with E-state index in [1.54, 1.807) is 0 Å². The molecule has 0 aliphatic carbocycles. The average molecular weight is 357 g/mol. The molecule has 2 heterocycles. The Labute approximate surface area is 151 Å². The van der Waals surface area contributed by atoms with Gasteiger partial charge in [0, 0.05) is 39.6 Å². The highest BCUT2D eigenvalue weighted by molar-refractivity contribution is 5.78. The Hall–Kier alpha value is -2.90. The van der Waals surface area contributed by atoms with Crippen molar-refractivity contribution < 1.29 is 4.79 Å². The fourth-order valence-corrected chi connectivity index (χ4v) is 3.16. The molecule has 26 heavy (non-hydrogen) atoms. The van der Waals surface area contributed by atoms with Crippen LogP contribution in [0.2, 0.25) is 0 Å². The molecule has 138 valence electrons. The Balaban J connectivity index is 1.60. The lowest BCUT2D eigenvalue weighted by Crippen LogP contribution is -2.46. The van der Waals surface area contributed by atoms with Gasteiger partial charge in [-0.3, -0.25) is 14.2 Å². The Morgan fingerprint density at radius 2 is 1.81 bits per heavy atom. The lowest BCUT2D eigenvalue weighted by atomic mass is 9.96. The van der Waals surface area contributed by atoms with Gasteiger partial charge in [0.05, 0.1) is 0 Å². The Bertz CT molecular complexity index is 895. The number of benzene rings is 1. The van der Waals surface area contributed by atoms with E-state index in [1.165, 1.54) is 14.1 Å². The number of aryl methyl sites for hydroxylation is 1. The van der Waals surface area contributed by atoms with E-state index in [9.17, 15) is 14.4 Å². The molecule has 1 aromatic heterocycles. The topological polar surface area (TPSA) is 89.2 Å². The molecular formula is C18H23N5O3. The maximum Gasteiger partial charge on any atom is 0.346 e. The van der Waals surface area contributed by atoms with Gasteiger partial charge in [-0.15, -0.1) is 5.10 Å². The van der Waals surface area contributed by atoms with E-state index >= 15 is 0 Å². The molecule has 3 rings (SSSR count). The molecule has 1 amide bonds. The first kappa shape index (κ1) is 17.9. The van der Waals surface area contributed by atoms with Crippen molar-refractivity contribution in [3.63, 3.8) is 0 Å². The molecule has 2 aromatic rings. The minimum Gasteiger partial charge on any atom is -0.352 e. The average Bonchev–Trinajstić information content (AvgIpc) is 2.68. The minimum atomic E-state index is -0.450. The first-order chi connectivity index (χ1) is 12.5. The van der Waals surface area contributed by atoms with Crippen molar-refractivity contribution in [1.82, 2.24) is 19.7 Å². The van der Waals surface area contributed by atoms with Crippen molar-refractivity contribution in [3.05, 3.63) is 56.7 Å². The Kier molecular flexibility index (Phi) is 5.20. The van der Waals surface area contributed by atoms with E-state index < -0.39 is 11.2 Å². The van der Waals surface area contributed by atoms with Gasteiger partial charge in [0.1, 0.15) is 0 Å². The minimum absolute atomic E-state index is 0.0369. The SMILES string of the molecule is Cn1nc(N2CCC(C(=O)NCc3ccccc3)CC2)c(=O)n(C)c1=O. The summed E-state index contributed by atoms with van der Waals surface area (Å²) in [5, 5.41) is 7.07. The van der Waals surface area contributed by atoms with E-state index in [-0.39, 0.29) is 17.6 Å². The normalized spacial score (nSPS) is 15.1. The molecule has 0 atom stereocenters. The molecule has 1 aromatic carbocycles. The summed E-state index contributed by atoms with van der Waals surface area (Å²) in [6.07, 6.45) is 1.29. The van der Waals surface area contributed by atoms with Gasteiger partial charge in [0.15, 0.2) is 0 Å². The van der Waals surface area contributed by atoms with Gasteiger partial charge in [-0.25, -0.2) is 9.48 Å². The van der Waals surface area contributed by atoms with Crippen LogP contribution in [0, 0.1) is 5.92 Å². The maximum absolute atomic E-state index is 12.4. The number of hydrogen-bond donors (Lipinski definition) is 1. The number of carbonyl (C=O) groups is 1. The van der Waals surface area contributed by atoms with Crippen LogP contribution in [0.3, 0.4) is 0 Å². The van der Waals surface area contributed by atoms with Crippen molar-refractivity contribution in [3.8, 4) is 0 Å². The summed E-state index contributed by atoms with van der Waals surface area (Å²) in [5.41, 5.74) is 0.213. The highest BCUT2D eigenvalue weighted by atomic mass is 16.2. The summed E-state index contributed by atoms with van der Waals surface area (Å²) < 4.78 is 2.22. The Morgan fingerprint density at radius 3 is 2.46 bits per heavy atom. The number of aromatic nitrogens is 3. The highest BCUT2D eigenvalue weighted by Crippen LogP contribution is 2.19. The fourth-order valence-electron chi connectivity index (χ4n) is 3.16. The van der Waals surface area contributed by atoms with Crippen LogP contribution >= 0.6 is 0 Å². The fraction of sp³-hybridized carbons (Fsp3) is 0.444. The van der Waals surface area contributed by atoms with Crippen molar-refractivity contribution in [2.75, 3.05) is 18.0 Å². The van der Waals surface area contributed by atoms with Crippen molar-refractivity contribution in [1.29, 1.82) is 0 Å².